The van der Waals surface area contributed by atoms with Crippen molar-refractivity contribution in [2.75, 3.05) is 22.9 Å². The molecule has 1 unspecified atom stereocenters. The van der Waals surface area contributed by atoms with E-state index in [-0.39, 0.29) is 23.4 Å². The second-order valence-corrected chi connectivity index (χ2v) is 6.03. The molecule has 2 aliphatic heterocycles. The van der Waals surface area contributed by atoms with Crippen LogP contribution in [0.1, 0.15) is 10.4 Å². The maximum absolute atomic E-state index is 12.3. The number of carbonyl (C=O) groups is 1. The molecular formula is C16H15F2N5O3. The van der Waals surface area contributed by atoms with Gasteiger partial charge in [0.05, 0.1) is 17.6 Å². The Labute approximate surface area is 147 Å². The molecule has 0 saturated carbocycles. The predicted octanol–water partition coefficient (Wildman–Crippen LogP) is 1.27. The van der Waals surface area contributed by atoms with Crippen LogP contribution in [0.2, 0.25) is 0 Å². The molecule has 2 saturated heterocycles. The smallest absolute Gasteiger partial charge is 0.387 e. The standard InChI is InChI=1S/C16H15F2N5O3/c17-15(18)26-11-3-1-2-10(4-11)22-7-13-12(22)8-23(13)16-19-5-9(6-20-16)14(24)21-25/h1-6,12-13,15,25H,7-8H2,(H,21,24)/t12?,13-/m1/s1. The summed E-state index contributed by atoms with van der Waals surface area (Å²) >= 11 is 0. The van der Waals surface area contributed by atoms with Gasteiger partial charge < -0.3 is 14.5 Å². The molecule has 1 aromatic heterocycles. The third-order valence-corrected chi connectivity index (χ3v) is 4.65. The molecule has 2 fully saturated rings. The van der Waals surface area contributed by atoms with Crippen molar-refractivity contribution >= 4 is 17.5 Å². The number of aromatic nitrogens is 2. The number of alkyl halides is 2. The largest absolute Gasteiger partial charge is 0.435 e. The lowest BCUT2D eigenvalue weighted by Gasteiger charge is -2.62. The maximum Gasteiger partial charge on any atom is 0.387 e. The number of hydrogen-bond acceptors (Lipinski definition) is 7. The van der Waals surface area contributed by atoms with Crippen LogP contribution < -0.4 is 20.0 Å². The van der Waals surface area contributed by atoms with Gasteiger partial charge in [0.15, 0.2) is 0 Å². The number of benzene rings is 1. The number of fused-ring (bicyclic) bond motifs is 1. The Kier molecular flexibility index (Phi) is 4.03. The molecule has 4 rings (SSSR count). The first kappa shape index (κ1) is 16.5. The van der Waals surface area contributed by atoms with Crippen LogP contribution in [0.25, 0.3) is 0 Å². The first-order valence-electron chi connectivity index (χ1n) is 7.91. The summed E-state index contributed by atoms with van der Waals surface area (Å²) < 4.78 is 29.1. The van der Waals surface area contributed by atoms with E-state index in [2.05, 4.69) is 19.6 Å². The first-order chi connectivity index (χ1) is 12.6. The van der Waals surface area contributed by atoms with Crippen molar-refractivity contribution in [1.29, 1.82) is 0 Å². The van der Waals surface area contributed by atoms with E-state index < -0.39 is 12.5 Å². The van der Waals surface area contributed by atoms with Crippen LogP contribution in [-0.4, -0.2) is 52.9 Å². The Hall–Kier alpha value is -3.01. The highest BCUT2D eigenvalue weighted by Gasteiger charge is 2.52. The third kappa shape index (κ3) is 2.77. The average Bonchev–Trinajstić information content (AvgIpc) is 2.62. The van der Waals surface area contributed by atoms with E-state index in [9.17, 15) is 13.6 Å². The number of carbonyl (C=O) groups excluding carboxylic acids is 1. The predicted molar refractivity (Wildman–Crippen MR) is 86.6 cm³/mol. The lowest BCUT2D eigenvalue weighted by molar-refractivity contribution is -0.0498. The van der Waals surface area contributed by atoms with Crippen molar-refractivity contribution in [1.82, 2.24) is 15.4 Å². The highest BCUT2D eigenvalue weighted by atomic mass is 19.3. The molecule has 1 aromatic carbocycles. The minimum Gasteiger partial charge on any atom is -0.435 e. The van der Waals surface area contributed by atoms with Gasteiger partial charge in [-0.25, -0.2) is 15.4 Å². The van der Waals surface area contributed by atoms with Crippen LogP contribution >= 0.6 is 0 Å². The molecule has 8 nitrogen and oxygen atoms in total. The minimum atomic E-state index is -2.85. The third-order valence-electron chi connectivity index (χ3n) is 4.65. The second-order valence-electron chi connectivity index (χ2n) is 6.03. The lowest BCUT2D eigenvalue weighted by Crippen LogP contribution is -2.79. The molecule has 0 bridgehead atoms. The van der Waals surface area contributed by atoms with Crippen LogP contribution in [0, 0.1) is 0 Å². The summed E-state index contributed by atoms with van der Waals surface area (Å²) in [5, 5.41) is 8.59. The van der Waals surface area contributed by atoms with Crippen molar-refractivity contribution in [3.05, 3.63) is 42.2 Å². The molecular weight excluding hydrogens is 348 g/mol. The van der Waals surface area contributed by atoms with E-state index in [0.717, 1.165) is 5.69 Å². The Morgan fingerprint density at radius 2 is 1.92 bits per heavy atom. The van der Waals surface area contributed by atoms with Crippen molar-refractivity contribution < 1.29 is 23.5 Å². The molecule has 2 atom stereocenters. The fourth-order valence-corrected chi connectivity index (χ4v) is 3.27. The van der Waals surface area contributed by atoms with Gasteiger partial charge in [0.1, 0.15) is 5.75 Å². The van der Waals surface area contributed by atoms with Gasteiger partial charge in [-0.15, -0.1) is 0 Å². The number of amides is 1. The second kappa shape index (κ2) is 6.37. The SMILES string of the molecule is O=C(NO)c1cnc(N2CC3[C@H]2CN3c2cccc(OC(F)F)c2)nc1. The monoisotopic (exact) mass is 363 g/mol. The van der Waals surface area contributed by atoms with Gasteiger partial charge >= 0.3 is 6.61 Å². The van der Waals surface area contributed by atoms with Crippen LogP contribution in [0.15, 0.2) is 36.7 Å². The number of hydroxylamine groups is 1. The summed E-state index contributed by atoms with van der Waals surface area (Å²) in [5.41, 5.74) is 2.53. The van der Waals surface area contributed by atoms with E-state index in [1.54, 1.807) is 12.1 Å². The van der Waals surface area contributed by atoms with Gasteiger partial charge in [0, 0.05) is 37.2 Å². The first-order valence-corrected chi connectivity index (χ1v) is 7.91. The van der Waals surface area contributed by atoms with E-state index in [0.29, 0.717) is 19.0 Å². The molecule has 2 aliphatic rings. The number of halogens is 2. The number of hydrogen-bond donors (Lipinski definition) is 2. The normalized spacial score (nSPS) is 20.9. The van der Waals surface area contributed by atoms with Crippen LogP contribution in [0.4, 0.5) is 20.4 Å². The Balaban J connectivity index is 1.40. The molecule has 2 N–H and O–H groups in total. The van der Waals surface area contributed by atoms with Crippen molar-refractivity contribution in [3.8, 4) is 5.75 Å². The number of anilines is 2. The number of ether oxygens (including phenoxy) is 1. The fourth-order valence-electron chi connectivity index (χ4n) is 3.27. The lowest BCUT2D eigenvalue weighted by atomic mass is 9.85. The quantitative estimate of drug-likeness (QED) is 0.611. The van der Waals surface area contributed by atoms with Gasteiger partial charge in [-0.1, -0.05) is 6.07 Å². The summed E-state index contributed by atoms with van der Waals surface area (Å²) in [6.45, 7) is -1.44. The highest BCUT2D eigenvalue weighted by Crippen LogP contribution is 2.39. The topological polar surface area (TPSA) is 90.8 Å². The van der Waals surface area contributed by atoms with Crippen molar-refractivity contribution in [3.63, 3.8) is 0 Å². The number of nitrogens with zero attached hydrogens (tertiary/aromatic N) is 4. The zero-order chi connectivity index (χ0) is 18.3. The number of nitrogens with one attached hydrogen (secondary N) is 1. The van der Waals surface area contributed by atoms with E-state index in [1.165, 1.54) is 23.9 Å². The van der Waals surface area contributed by atoms with Gasteiger partial charge in [-0.3, -0.25) is 10.0 Å². The summed E-state index contributed by atoms with van der Waals surface area (Å²) in [7, 11) is 0. The zero-order valence-corrected chi connectivity index (χ0v) is 13.4. The summed E-state index contributed by atoms with van der Waals surface area (Å²) in [6.07, 6.45) is 2.70. The van der Waals surface area contributed by atoms with Gasteiger partial charge in [-0.05, 0) is 12.1 Å². The van der Waals surface area contributed by atoms with Crippen LogP contribution in [0.5, 0.6) is 5.75 Å². The molecule has 26 heavy (non-hydrogen) atoms. The number of rotatable bonds is 5. The summed E-state index contributed by atoms with van der Waals surface area (Å²) in [4.78, 5) is 23.7. The minimum absolute atomic E-state index is 0.137. The molecule has 10 heteroatoms. The summed E-state index contributed by atoms with van der Waals surface area (Å²) in [5.74, 6) is -0.0212. The molecule has 1 amide bonds. The van der Waals surface area contributed by atoms with Crippen LogP contribution in [-0.2, 0) is 0 Å². The van der Waals surface area contributed by atoms with Gasteiger partial charge in [0.25, 0.3) is 5.91 Å². The average molecular weight is 363 g/mol. The maximum atomic E-state index is 12.3. The Bertz CT molecular complexity index is 820. The molecule has 2 aromatic rings. The molecule has 0 spiro atoms. The van der Waals surface area contributed by atoms with Crippen LogP contribution in [0.3, 0.4) is 0 Å². The van der Waals surface area contributed by atoms with E-state index in [4.69, 9.17) is 5.21 Å². The zero-order valence-electron chi connectivity index (χ0n) is 13.4. The van der Waals surface area contributed by atoms with E-state index in [1.807, 2.05) is 11.0 Å². The number of piperazine rings is 1. The van der Waals surface area contributed by atoms with Gasteiger partial charge in [-0.2, -0.15) is 8.78 Å². The molecule has 0 aliphatic carbocycles. The van der Waals surface area contributed by atoms with Gasteiger partial charge in [0.2, 0.25) is 5.95 Å². The Morgan fingerprint density at radius 3 is 2.54 bits per heavy atom. The van der Waals surface area contributed by atoms with Crippen molar-refractivity contribution in [2.24, 2.45) is 0 Å². The molecule has 3 heterocycles. The highest BCUT2D eigenvalue weighted by molar-refractivity contribution is 5.92. The fraction of sp³-hybridized carbons (Fsp3) is 0.312. The Morgan fingerprint density at radius 1 is 1.23 bits per heavy atom. The van der Waals surface area contributed by atoms with E-state index >= 15 is 0 Å². The van der Waals surface area contributed by atoms with Crippen molar-refractivity contribution in [2.45, 2.75) is 18.7 Å². The molecule has 0 radical (unpaired) electrons. The summed E-state index contributed by atoms with van der Waals surface area (Å²) in [6, 6.07) is 7.12. The molecule has 136 valence electrons.